The van der Waals surface area contributed by atoms with Gasteiger partial charge in [0.25, 0.3) is 0 Å². The van der Waals surface area contributed by atoms with E-state index in [1.807, 2.05) is 18.2 Å². The molecule has 1 unspecified atom stereocenters. The van der Waals surface area contributed by atoms with Gasteiger partial charge in [0.2, 0.25) is 0 Å². The minimum Gasteiger partial charge on any atom is -0.493 e. The third-order valence-electron chi connectivity index (χ3n) is 3.50. The summed E-state index contributed by atoms with van der Waals surface area (Å²) in [5.74, 6) is 2.32. The smallest absolute Gasteiger partial charge is 0.161 e. The molecule has 19 heavy (non-hydrogen) atoms. The van der Waals surface area contributed by atoms with E-state index < -0.39 is 0 Å². The fourth-order valence-corrected chi connectivity index (χ4v) is 2.05. The lowest BCUT2D eigenvalue weighted by Gasteiger charge is -2.15. The van der Waals surface area contributed by atoms with Crippen molar-refractivity contribution < 1.29 is 14.2 Å². The van der Waals surface area contributed by atoms with Crippen molar-refractivity contribution in [3.8, 4) is 11.5 Å². The molecule has 1 aliphatic rings. The van der Waals surface area contributed by atoms with E-state index in [0.717, 1.165) is 18.1 Å². The molecule has 2 N–H and O–H groups in total. The zero-order valence-electron chi connectivity index (χ0n) is 11.7. The summed E-state index contributed by atoms with van der Waals surface area (Å²) in [6, 6.07) is 5.61. The summed E-state index contributed by atoms with van der Waals surface area (Å²) in [7, 11) is 3.25. The van der Waals surface area contributed by atoms with Crippen LogP contribution in [0.15, 0.2) is 18.2 Å². The van der Waals surface area contributed by atoms with E-state index in [1.165, 1.54) is 19.3 Å². The van der Waals surface area contributed by atoms with Gasteiger partial charge in [-0.15, -0.1) is 0 Å². The summed E-state index contributed by atoms with van der Waals surface area (Å²) in [4.78, 5) is 0. The lowest BCUT2D eigenvalue weighted by atomic mass is 10.1. The number of nitrogens with two attached hydrogens (primary N) is 1. The van der Waals surface area contributed by atoms with Crippen molar-refractivity contribution in [3.63, 3.8) is 0 Å². The summed E-state index contributed by atoms with van der Waals surface area (Å²) in [5.41, 5.74) is 7.13. The highest BCUT2D eigenvalue weighted by Gasteiger charge is 2.20. The van der Waals surface area contributed by atoms with E-state index in [4.69, 9.17) is 19.9 Å². The van der Waals surface area contributed by atoms with Crippen molar-refractivity contribution in [1.29, 1.82) is 0 Å². The summed E-state index contributed by atoms with van der Waals surface area (Å²) >= 11 is 0. The van der Waals surface area contributed by atoms with Crippen LogP contribution in [0.4, 0.5) is 0 Å². The minimum absolute atomic E-state index is 0.126. The highest BCUT2D eigenvalue weighted by Crippen LogP contribution is 2.32. The van der Waals surface area contributed by atoms with Gasteiger partial charge in [0, 0.05) is 6.61 Å². The number of rotatable bonds is 8. The summed E-state index contributed by atoms with van der Waals surface area (Å²) in [6.45, 7) is 1.36. The van der Waals surface area contributed by atoms with Gasteiger partial charge in [-0.1, -0.05) is 18.9 Å². The van der Waals surface area contributed by atoms with E-state index in [-0.39, 0.29) is 6.04 Å². The number of hydrogen-bond acceptors (Lipinski definition) is 4. The molecule has 0 aliphatic heterocycles. The maximum atomic E-state index is 6.12. The Morgan fingerprint density at radius 3 is 2.58 bits per heavy atom. The fraction of sp³-hybridized carbons (Fsp3) is 0.600. The maximum absolute atomic E-state index is 6.12. The van der Waals surface area contributed by atoms with Gasteiger partial charge in [0.15, 0.2) is 11.5 Å². The second kappa shape index (κ2) is 6.78. The number of hydrogen-bond donors (Lipinski definition) is 1. The third kappa shape index (κ3) is 4.11. The SMILES string of the molecule is COc1ccc(C(N)COCCC2CC2)cc1OC. The summed E-state index contributed by atoms with van der Waals surface area (Å²) in [5, 5.41) is 0. The Hall–Kier alpha value is -1.26. The average molecular weight is 265 g/mol. The highest BCUT2D eigenvalue weighted by molar-refractivity contribution is 5.43. The molecule has 0 bridgehead atoms. The molecule has 1 saturated carbocycles. The number of methoxy groups -OCH3 is 2. The van der Waals surface area contributed by atoms with E-state index in [9.17, 15) is 0 Å². The molecule has 1 atom stereocenters. The van der Waals surface area contributed by atoms with E-state index in [1.54, 1.807) is 14.2 Å². The maximum Gasteiger partial charge on any atom is 0.161 e. The van der Waals surface area contributed by atoms with Crippen molar-refractivity contribution >= 4 is 0 Å². The monoisotopic (exact) mass is 265 g/mol. The lowest BCUT2D eigenvalue weighted by molar-refractivity contribution is 0.115. The van der Waals surface area contributed by atoms with Crippen LogP contribution >= 0.6 is 0 Å². The Kier molecular flexibility index (Phi) is 5.05. The molecule has 0 spiro atoms. The van der Waals surface area contributed by atoms with Crippen molar-refractivity contribution in [2.75, 3.05) is 27.4 Å². The summed E-state index contributed by atoms with van der Waals surface area (Å²) in [6.07, 6.45) is 3.90. The number of benzene rings is 1. The quantitative estimate of drug-likeness (QED) is 0.734. The second-order valence-corrected chi connectivity index (χ2v) is 5.03. The molecule has 0 radical (unpaired) electrons. The molecular formula is C15H23NO3. The van der Waals surface area contributed by atoms with Crippen LogP contribution in [0.25, 0.3) is 0 Å². The van der Waals surface area contributed by atoms with Gasteiger partial charge in [0.05, 0.1) is 26.9 Å². The van der Waals surface area contributed by atoms with E-state index in [2.05, 4.69) is 0 Å². The largest absolute Gasteiger partial charge is 0.493 e. The van der Waals surface area contributed by atoms with Crippen LogP contribution in [-0.2, 0) is 4.74 Å². The Bertz CT molecular complexity index is 404. The fourth-order valence-electron chi connectivity index (χ4n) is 2.05. The Labute approximate surface area is 114 Å². The number of ether oxygens (including phenoxy) is 3. The molecule has 0 amide bonds. The topological polar surface area (TPSA) is 53.7 Å². The Morgan fingerprint density at radius 1 is 1.21 bits per heavy atom. The van der Waals surface area contributed by atoms with Crippen LogP contribution in [0.1, 0.15) is 30.9 Å². The zero-order valence-corrected chi connectivity index (χ0v) is 11.7. The molecule has 0 heterocycles. The molecule has 1 aromatic carbocycles. The minimum atomic E-state index is -0.126. The molecule has 0 aromatic heterocycles. The molecule has 4 nitrogen and oxygen atoms in total. The normalized spacial score (nSPS) is 16.2. The molecule has 0 saturated heterocycles. The predicted molar refractivity (Wildman–Crippen MR) is 74.6 cm³/mol. The first-order valence-electron chi connectivity index (χ1n) is 6.80. The third-order valence-corrected chi connectivity index (χ3v) is 3.50. The Morgan fingerprint density at radius 2 is 1.95 bits per heavy atom. The first-order valence-corrected chi connectivity index (χ1v) is 6.80. The zero-order chi connectivity index (χ0) is 13.7. The molecule has 106 valence electrons. The van der Waals surface area contributed by atoms with Crippen LogP contribution in [-0.4, -0.2) is 27.4 Å². The van der Waals surface area contributed by atoms with Crippen molar-refractivity contribution in [3.05, 3.63) is 23.8 Å². The van der Waals surface area contributed by atoms with Gasteiger partial charge in [-0.3, -0.25) is 0 Å². The average Bonchev–Trinajstić information content (AvgIpc) is 3.26. The van der Waals surface area contributed by atoms with Crippen LogP contribution in [0.3, 0.4) is 0 Å². The van der Waals surface area contributed by atoms with E-state index >= 15 is 0 Å². The van der Waals surface area contributed by atoms with Crippen LogP contribution in [0.5, 0.6) is 11.5 Å². The molecule has 2 rings (SSSR count). The van der Waals surface area contributed by atoms with Crippen LogP contribution in [0, 0.1) is 5.92 Å². The molecule has 1 aliphatic carbocycles. The first kappa shape index (κ1) is 14.2. The van der Waals surface area contributed by atoms with Gasteiger partial charge in [-0.05, 0) is 30.0 Å². The van der Waals surface area contributed by atoms with Gasteiger partial charge in [0.1, 0.15) is 0 Å². The van der Waals surface area contributed by atoms with E-state index in [0.29, 0.717) is 18.1 Å². The standard InChI is InChI=1S/C15H23NO3/c1-17-14-6-5-12(9-15(14)18-2)13(16)10-19-8-7-11-3-4-11/h5-6,9,11,13H,3-4,7-8,10,16H2,1-2H3. The van der Waals surface area contributed by atoms with Gasteiger partial charge in [-0.25, -0.2) is 0 Å². The van der Waals surface area contributed by atoms with Crippen LogP contribution in [0.2, 0.25) is 0 Å². The molecule has 4 heteroatoms. The van der Waals surface area contributed by atoms with Gasteiger partial charge in [-0.2, -0.15) is 0 Å². The van der Waals surface area contributed by atoms with Gasteiger partial charge < -0.3 is 19.9 Å². The Balaban J connectivity index is 1.84. The van der Waals surface area contributed by atoms with Crippen molar-refractivity contribution in [1.82, 2.24) is 0 Å². The summed E-state index contributed by atoms with van der Waals surface area (Å²) < 4.78 is 16.1. The molecule has 1 fully saturated rings. The predicted octanol–water partition coefficient (Wildman–Crippen LogP) is 2.52. The van der Waals surface area contributed by atoms with Gasteiger partial charge >= 0.3 is 0 Å². The molecule has 1 aromatic rings. The first-order chi connectivity index (χ1) is 9.24. The second-order valence-electron chi connectivity index (χ2n) is 5.03. The lowest BCUT2D eigenvalue weighted by Crippen LogP contribution is -2.17. The van der Waals surface area contributed by atoms with Crippen molar-refractivity contribution in [2.45, 2.75) is 25.3 Å². The van der Waals surface area contributed by atoms with Crippen molar-refractivity contribution in [2.24, 2.45) is 11.7 Å². The highest BCUT2D eigenvalue weighted by atomic mass is 16.5. The van der Waals surface area contributed by atoms with Crippen LogP contribution < -0.4 is 15.2 Å². The molecular weight excluding hydrogens is 242 g/mol.